The molecule has 1 aliphatic heterocycles. The van der Waals surface area contributed by atoms with Crippen molar-refractivity contribution in [1.82, 2.24) is 0 Å². The van der Waals surface area contributed by atoms with Crippen LogP contribution in [-0.2, 0) is 19.1 Å². The van der Waals surface area contributed by atoms with E-state index in [2.05, 4.69) is 13.0 Å². The first-order valence-corrected chi connectivity index (χ1v) is 12.9. The molecule has 12 atom stereocenters. The van der Waals surface area contributed by atoms with Crippen molar-refractivity contribution in [2.75, 3.05) is 13.2 Å². The minimum absolute atomic E-state index is 0.0236. The Labute approximate surface area is 205 Å². The van der Waals surface area contributed by atoms with Crippen LogP contribution in [0.15, 0.2) is 11.6 Å². The summed E-state index contributed by atoms with van der Waals surface area (Å²) in [5.74, 6) is -0.432. The number of hydrogen-bond acceptors (Lipinski definition) is 9. The van der Waals surface area contributed by atoms with Crippen molar-refractivity contribution >= 4 is 12.3 Å². The van der Waals surface area contributed by atoms with Crippen molar-refractivity contribution in [2.45, 2.75) is 77.2 Å². The molecule has 1 saturated heterocycles. The van der Waals surface area contributed by atoms with E-state index in [9.17, 15) is 35.1 Å². The van der Waals surface area contributed by atoms with Gasteiger partial charge in [-0.2, -0.15) is 0 Å². The fraction of sp³-hybridized carbons (Fsp3) is 0.846. The lowest BCUT2D eigenvalue weighted by molar-refractivity contribution is -0.299. The Hall–Kier alpha value is -1.36. The molecule has 9 nitrogen and oxygen atoms in total. The summed E-state index contributed by atoms with van der Waals surface area (Å²) in [6.07, 6.45) is -2.04. The molecule has 4 aliphatic carbocycles. The number of carbonyl (C=O) groups excluding carboxylic acids is 2. The number of fused-ring (bicyclic) bond motifs is 2. The Bertz CT molecular complexity index is 916. The third-order valence-corrected chi connectivity index (χ3v) is 10.5. The first kappa shape index (κ1) is 25.3. The number of hydrogen-bond donors (Lipinski definition) is 5. The Kier molecular flexibility index (Phi) is 6.02. The average Bonchev–Trinajstić information content (AvgIpc) is 3.41. The maximum absolute atomic E-state index is 14.4. The molecule has 0 aromatic heterocycles. The number of carbonyl (C=O) groups is 2. The summed E-state index contributed by atoms with van der Waals surface area (Å²) >= 11 is 0. The van der Waals surface area contributed by atoms with E-state index in [0.29, 0.717) is 18.8 Å². The highest BCUT2D eigenvalue weighted by atomic mass is 16.7. The summed E-state index contributed by atoms with van der Waals surface area (Å²) in [7, 11) is 0. The van der Waals surface area contributed by atoms with E-state index in [1.54, 1.807) is 0 Å². The van der Waals surface area contributed by atoms with Gasteiger partial charge in [0.1, 0.15) is 36.1 Å². The largest absolute Gasteiger partial charge is 0.432 e. The van der Waals surface area contributed by atoms with Crippen LogP contribution in [0.4, 0.5) is 0 Å². The summed E-state index contributed by atoms with van der Waals surface area (Å²) in [6.45, 7) is 5.17. The second-order valence-electron chi connectivity index (χ2n) is 11.9. The molecule has 4 bridgehead atoms. The van der Waals surface area contributed by atoms with E-state index in [1.165, 1.54) is 0 Å². The molecule has 0 amide bonds. The third-order valence-electron chi connectivity index (χ3n) is 10.5. The maximum atomic E-state index is 14.4. The monoisotopic (exact) mass is 494 g/mol. The van der Waals surface area contributed by atoms with Crippen LogP contribution < -0.4 is 0 Å². The van der Waals surface area contributed by atoms with Crippen molar-refractivity contribution in [2.24, 2.45) is 45.8 Å². The first-order chi connectivity index (χ1) is 16.6. The van der Waals surface area contributed by atoms with Crippen LogP contribution in [0, 0.1) is 45.8 Å². The number of rotatable bonds is 6. The molecule has 5 rings (SSSR count). The molecule has 0 radical (unpaired) electrons. The van der Waals surface area contributed by atoms with Crippen LogP contribution in [0.2, 0.25) is 0 Å². The molecule has 0 unspecified atom stereocenters. The molecule has 0 aromatic rings. The van der Waals surface area contributed by atoms with Gasteiger partial charge in [-0.3, -0.25) is 4.79 Å². The maximum Gasteiger partial charge on any atom is 0.320 e. The molecule has 3 saturated carbocycles. The standard InChI is InChI=1S/C26H38O9/c1-12(2)17-6-14-7-25(11-29)16-5-4-13(3)15(16)8-24(14,10-28)26(17,25)23(33)35-22-21(32)20(31)19(30)18(9-27)34-22/h6,11-16,18-22,27-28,30-32H,4-5,7-10H2,1-3H3/t13-,14+,15-,16-,18-,19-,20+,21+,22+,24+,25+,26-/m1/s1. The smallest absolute Gasteiger partial charge is 0.320 e. The third kappa shape index (κ3) is 2.85. The zero-order valence-corrected chi connectivity index (χ0v) is 20.5. The molecule has 0 aromatic carbocycles. The first-order valence-electron chi connectivity index (χ1n) is 12.9. The molecule has 1 heterocycles. The number of aldehydes is 1. The molecule has 0 spiro atoms. The van der Waals surface area contributed by atoms with Gasteiger partial charge in [-0.05, 0) is 48.9 Å². The molecule has 196 valence electrons. The topological polar surface area (TPSA) is 154 Å². The number of aliphatic hydroxyl groups is 5. The molecule has 35 heavy (non-hydrogen) atoms. The summed E-state index contributed by atoms with van der Waals surface area (Å²) in [6, 6.07) is 0. The van der Waals surface area contributed by atoms with E-state index in [0.717, 1.165) is 24.7 Å². The van der Waals surface area contributed by atoms with Gasteiger partial charge in [0.2, 0.25) is 6.29 Å². The molecule has 5 N–H and O–H groups in total. The van der Waals surface area contributed by atoms with E-state index in [4.69, 9.17) is 9.47 Å². The molecular weight excluding hydrogens is 456 g/mol. The van der Waals surface area contributed by atoms with Gasteiger partial charge in [0.25, 0.3) is 0 Å². The minimum Gasteiger partial charge on any atom is -0.432 e. The Morgan fingerprint density at radius 2 is 1.89 bits per heavy atom. The number of ether oxygens (including phenoxy) is 2. The highest BCUT2D eigenvalue weighted by Crippen LogP contribution is 2.82. The number of allylic oxidation sites excluding steroid dienone is 1. The van der Waals surface area contributed by atoms with Gasteiger partial charge in [-0.15, -0.1) is 0 Å². The Morgan fingerprint density at radius 3 is 2.49 bits per heavy atom. The summed E-state index contributed by atoms with van der Waals surface area (Å²) < 4.78 is 11.3. The van der Waals surface area contributed by atoms with E-state index >= 15 is 0 Å². The summed E-state index contributed by atoms with van der Waals surface area (Å²) in [5, 5.41) is 51.4. The predicted molar refractivity (Wildman–Crippen MR) is 121 cm³/mol. The van der Waals surface area contributed by atoms with Crippen molar-refractivity contribution < 1.29 is 44.6 Å². The average molecular weight is 495 g/mol. The minimum atomic E-state index is -1.74. The Morgan fingerprint density at radius 1 is 1.17 bits per heavy atom. The second-order valence-corrected chi connectivity index (χ2v) is 11.9. The van der Waals surface area contributed by atoms with Crippen molar-refractivity contribution in [3.8, 4) is 0 Å². The van der Waals surface area contributed by atoms with Crippen LogP contribution in [0.3, 0.4) is 0 Å². The second kappa shape index (κ2) is 8.33. The predicted octanol–water partition coefficient (Wildman–Crippen LogP) is 0.162. The zero-order chi connectivity index (χ0) is 25.5. The lowest BCUT2D eigenvalue weighted by Crippen LogP contribution is -2.65. The van der Waals surface area contributed by atoms with E-state index in [-0.39, 0.29) is 30.3 Å². The van der Waals surface area contributed by atoms with Crippen LogP contribution in [0.5, 0.6) is 0 Å². The number of aliphatic hydroxyl groups excluding tert-OH is 5. The SMILES string of the molecule is CC(C)C1=C[C@H]2C[C@]3(C=O)[C@@H]4CC[C@@H](C)[C@H]4C[C@@]2(CO)[C@]13C(=O)O[C@@H]1O[C@H](CO)[C@@H](O)[C@H](O)[C@@H]1O. The lowest BCUT2D eigenvalue weighted by atomic mass is 9.43. The quantitative estimate of drug-likeness (QED) is 0.197. The van der Waals surface area contributed by atoms with Gasteiger partial charge in [-0.1, -0.05) is 38.8 Å². The van der Waals surface area contributed by atoms with Gasteiger partial charge in [0, 0.05) is 5.41 Å². The van der Waals surface area contributed by atoms with Crippen LogP contribution in [0.25, 0.3) is 0 Å². The van der Waals surface area contributed by atoms with Gasteiger partial charge in [0.05, 0.1) is 18.6 Å². The molecule has 4 fully saturated rings. The zero-order valence-electron chi connectivity index (χ0n) is 20.5. The molecular formula is C26H38O9. The van der Waals surface area contributed by atoms with E-state index in [1.807, 2.05) is 13.8 Å². The summed E-state index contributed by atoms with van der Waals surface area (Å²) in [4.78, 5) is 27.6. The van der Waals surface area contributed by atoms with Gasteiger partial charge in [0.15, 0.2) is 0 Å². The van der Waals surface area contributed by atoms with E-state index < -0.39 is 59.5 Å². The van der Waals surface area contributed by atoms with Gasteiger partial charge < -0.3 is 39.8 Å². The Balaban J connectivity index is 1.62. The lowest BCUT2D eigenvalue weighted by Gasteiger charge is -2.58. The molecule has 5 aliphatic rings. The van der Waals surface area contributed by atoms with Crippen LogP contribution >= 0.6 is 0 Å². The van der Waals surface area contributed by atoms with Crippen molar-refractivity contribution in [3.05, 3.63) is 11.6 Å². The van der Waals surface area contributed by atoms with Gasteiger partial charge in [-0.25, -0.2) is 0 Å². The van der Waals surface area contributed by atoms with Crippen LogP contribution in [0.1, 0.15) is 46.5 Å². The summed E-state index contributed by atoms with van der Waals surface area (Å²) in [5.41, 5.74) is -2.59. The fourth-order valence-corrected chi connectivity index (χ4v) is 8.99. The van der Waals surface area contributed by atoms with Crippen molar-refractivity contribution in [3.63, 3.8) is 0 Å². The fourth-order valence-electron chi connectivity index (χ4n) is 8.99. The highest BCUT2D eigenvalue weighted by molar-refractivity contribution is 5.91. The normalized spacial score (nSPS) is 52.4. The van der Waals surface area contributed by atoms with Crippen LogP contribution in [-0.4, -0.2) is 81.7 Å². The highest BCUT2D eigenvalue weighted by Gasteiger charge is 2.84. The number of esters is 1. The molecule has 9 heteroatoms. The van der Waals surface area contributed by atoms with Gasteiger partial charge >= 0.3 is 5.97 Å². The van der Waals surface area contributed by atoms with Crippen molar-refractivity contribution in [1.29, 1.82) is 0 Å².